The zero-order valence-corrected chi connectivity index (χ0v) is 12.6. The molecular weight excluding hydrogens is 238 g/mol. The lowest BCUT2D eigenvalue weighted by atomic mass is 10.1. The maximum Gasteiger partial charge on any atom is 0.345 e. The van der Waals surface area contributed by atoms with Gasteiger partial charge in [0, 0.05) is 13.6 Å². The van der Waals surface area contributed by atoms with Gasteiger partial charge in [0.15, 0.2) is 0 Å². The molecule has 1 aromatic heterocycles. The Kier molecular flexibility index (Phi) is 8.26. The van der Waals surface area contributed by atoms with Crippen molar-refractivity contribution in [1.82, 2.24) is 14.3 Å². The molecule has 1 heterocycles. The lowest BCUT2D eigenvalue weighted by Gasteiger charge is -2.02. The summed E-state index contributed by atoms with van der Waals surface area (Å²) in [5.41, 5.74) is -0.00377. The molecule has 0 aliphatic heterocycles. The molecule has 0 aromatic carbocycles. The van der Waals surface area contributed by atoms with E-state index in [-0.39, 0.29) is 5.69 Å². The Morgan fingerprint density at radius 3 is 1.95 bits per heavy atom. The zero-order valence-electron chi connectivity index (χ0n) is 12.6. The second-order valence-corrected chi connectivity index (χ2v) is 5.43. The third kappa shape index (κ3) is 6.60. The van der Waals surface area contributed by atoms with E-state index in [1.165, 1.54) is 62.4 Å². The van der Waals surface area contributed by atoms with Gasteiger partial charge in [-0.15, -0.1) is 0 Å². The van der Waals surface area contributed by atoms with Crippen molar-refractivity contribution in [3.05, 3.63) is 16.8 Å². The van der Waals surface area contributed by atoms with Crippen molar-refractivity contribution in [2.24, 2.45) is 7.05 Å². The molecular formula is C15H29N3O. The van der Waals surface area contributed by atoms with Gasteiger partial charge >= 0.3 is 5.69 Å². The van der Waals surface area contributed by atoms with Crippen LogP contribution in [0.15, 0.2) is 11.1 Å². The van der Waals surface area contributed by atoms with E-state index in [0.29, 0.717) is 0 Å². The van der Waals surface area contributed by atoms with E-state index in [1.807, 2.05) is 0 Å². The van der Waals surface area contributed by atoms with Gasteiger partial charge in [-0.1, -0.05) is 64.7 Å². The fraction of sp³-hybridized carbons (Fsp3) is 0.867. The van der Waals surface area contributed by atoms with E-state index in [1.54, 1.807) is 18.1 Å². The molecule has 0 atom stereocenters. The number of hydrogen-bond acceptors (Lipinski definition) is 2. The van der Waals surface area contributed by atoms with Gasteiger partial charge in [-0.25, -0.2) is 9.48 Å². The van der Waals surface area contributed by atoms with E-state index in [0.717, 1.165) is 13.0 Å². The summed E-state index contributed by atoms with van der Waals surface area (Å²) in [7, 11) is 1.74. The number of hydrogen-bond donors (Lipinski definition) is 0. The van der Waals surface area contributed by atoms with Gasteiger partial charge in [-0.2, -0.15) is 5.10 Å². The SMILES string of the molecule is CCCCCCCCCCCCn1ncn(C)c1=O. The van der Waals surface area contributed by atoms with Gasteiger partial charge in [-0.05, 0) is 6.42 Å². The molecule has 1 aromatic rings. The average Bonchev–Trinajstić information content (AvgIpc) is 2.73. The summed E-state index contributed by atoms with van der Waals surface area (Å²) in [5.74, 6) is 0. The monoisotopic (exact) mass is 267 g/mol. The molecule has 0 aliphatic rings. The number of nitrogens with zero attached hydrogens (tertiary/aromatic N) is 3. The van der Waals surface area contributed by atoms with E-state index in [2.05, 4.69) is 12.0 Å². The van der Waals surface area contributed by atoms with Crippen LogP contribution in [0.2, 0.25) is 0 Å². The van der Waals surface area contributed by atoms with E-state index in [4.69, 9.17) is 0 Å². The van der Waals surface area contributed by atoms with Gasteiger partial charge in [0.1, 0.15) is 6.33 Å². The summed E-state index contributed by atoms with van der Waals surface area (Å²) in [6.45, 7) is 3.02. The van der Waals surface area contributed by atoms with Crippen LogP contribution in [-0.4, -0.2) is 14.3 Å². The third-order valence-electron chi connectivity index (χ3n) is 3.61. The number of unbranched alkanes of at least 4 members (excludes halogenated alkanes) is 9. The number of rotatable bonds is 11. The predicted octanol–water partition coefficient (Wildman–Crippen LogP) is 3.50. The van der Waals surface area contributed by atoms with Crippen molar-refractivity contribution in [3.63, 3.8) is 0 Å². The second kappa shape index (κ2) is 9.82. The molecule has 110 valence electrons. The Hall–Kier alpha value is -1.06. The fourth-order valence-electron chi connectivity index (χ4n) is 2.32. The van der Waals surface area contributed by atoms with Crippen LogP contribution in [0.3, 0.4) is 0 Å². The lowest BCUT2D eigenvalue weighted by Crippen LogP contribution is -2.22. The van der Waals surface area contributed by atoms with Crippen LogP contribution in [0.25, 0.3) is 0 Å². The minimum atomic E-state index is -0.00377. The Balaban J connectivity index is 1.91. The fourth-order valence-corrected chi connectivity index (χ4v) is 2.32. The molecule has 0 radical (unpaired) electrons. The molecule has 0 N–H and O–H groups in total. The van der Waals surface area contributed by atoms with Gasteiger partial charge in [-0.3, -0.25) is 4.57 Å². The predicted molar refractivity (Wildman–Crippen MR) is 79.3 cm³/mol. The first-order chi connectivity index (χ1) is 9.25. The highest BCUT2D eigenvalue weighted by Crippen LogP contribution is 2.10. The maximum absolute atomic E-state index is 11.5. The summed E-state index contributed by atoms with van der Waals surface area (Å²) in [6.07, 6.45) is 14.7. The number of aryl methyl sites for hydroxylation is 2. The van der Waals surface area contributed by atoms with Gasteiger partial charge in [0.25, 0.3) is 0 Å². The first kappa shape index (κ1) is 16.0. The topological polar surface area (TPSA) is 39.8 Å². The van der Waals surface area contributed by atoms with Crippen LogP contribution in [-0.2, 0) is 13.6 Å². The highest BCUT2D eigenvalue weighted by atomic mass is 16.2. The first-order valence-corrected chi connectivity index (χ1v) is 7.84. The standard InChI is InChI=1S/C15H29N3O/c1-3-4-5-6-7-8-9-10-11-12-13-18-15(19)17(2)14-16-18/h14H,3-13H2,1-2H3. The minimum Gasteiger partial charge on any atom is -0.285 e. The summed E-state index contributed by atoms with van der Waals surface area (Å²) in [4.78, 5) is 11.5. The Labute approximate surface area is 116 Å². The van der Waals surface area contributed by atoms with Crippen LogP contribution in [0.1, 0.15) is 71.1 Å². The normalized spacial score (nSPS) is 11.1. The van der Waals surface area contributed by atoms with Crippen molar-refractivity contribution in [1.29, 1.82) is 0 Å². The molecule has 0 bridgehead atoms. The van der Waals surface area contributed by atoms with Crippen LogP contribution >= 0.6 is 0 Å². The number of aromatic nitrogens is 3. The summed E-state index contributed by atoms with van der Waals surface area (Å²) in [6, 6.07) is 0. The molecule has 19 heavy (non-hydrogen) atoms. The summed E-state index contributed by atoms with van der Waals surface area (Å²) < 4.78 is 3.08. The quantitative estimate of drug-likeness (QED) is 0.576. The van der Waals surface area contributed by atoms with Crippen molar-refractivity contribution >= 4 is 0 Å². The highest BCUT2D eigenvalue weighted by Gasteiger charge is 2.00. The van der Waals surface area contributed by atoms with Crippen molar-refractivity contribution in [3.8, 4) is 0 Å². The first-order valence-electron chi connectivity index (χ1n) is 7.84. The molecule has 0 amide bonds. The van der Waals surface area contributed by atoms with Crippen LogP contribution in [0.4, 0.5) is 0 Å². The van der Waals surface area contributed by atoms with E-state index >= 15 is 0 Å². The van der Waals surface area contributed by atoms with E-state index < -0.39 is 0 Å². The van der Waals surface area contributed by atoms with Crippen molar-refractivity contribution in [2.75, 3.05) is 0 Å². The van der Waals surface area contributed by atoms with Crippen LogP contribution < -0.4 is 5.69 Å². The summed E-state index contributed by atoms with van der Waals surface area (Å²) in [5, 5.41) is 4.06. The average molecular weight is 267 g/mol. The molecule has 0 unspecified atom stereocenters. The largest absolute Gasteiger partial charge is 0.345 e. The maximum atomic E-state index is 11.5. The molecule has 0 fully saturated rings. The second-order valence-electron chi connectivity index (χ2n) is 5.43. The van der Waals surface area contributed by atoms with Crippen LogP contribution in [0.5, 0.6) is 0 Å². The smallest absolute Gasteiger partial charge is 0.285 e. The lowest BCUT2D eigenvalue weighted by molar-refractivity contribution is 0.505. The molecule has 1 rings (SSSR count). The van der Waals surface area contributed by atoms with Crippen LogP contribution in [0, 0.1) is 0 Å². The van der Waals surface area contributed by atoms with Gasteiger partial charge in [0.2, 0.25) is 0 Å². The van der Waals surface area contributed by atoms with Gasteiger partial charge in [0.05, 0.1) is 0 Å². The molecule has 4 nitrogen and oxygen atoms in total. The molecule has 0 saturated heterocycles. The third-order valence-corrected chi connectivity index (χ3v) is 3.61. The molecule has 0 saturated carbocycles. The minimum absolute atomic E-state index is 0.00377. The Bertz CT molecular complexity index is 381. The van der Waals surface area contributed by atoms with Crippen molar-refractivity contribution in [2.45, 2.75) is 77.7 Å². The Morgan fingerprint density at radius 1 is 0.947 bits per heavy atom. The van der Waals surface area contributed by atoms with E-state index in [9.17, 15) is 4.79 Å². The molecule has 0 aliphatic carbocycles. The highest BCUT2D eigenvalue weighted by molar-refractivity contribution is 4.64. The van der Waals surface area contributed by atoms with Gasteiger partial charge < -0.3 is 0 Å². The molecule has 0 spiro atoms. The Morgan fingerprint density at radius 2 is 1.47 bits per heavy atom. The summed E-state index contributed by atoms with van der Waals surface area (Å²) >= 11 is 0. The molecule has 4 heteroatoms. The van der Waals surface area contributed by atoms with Crippen molar-refractivity contribution < 1.29 is 0 Å². The zero-order chi connectivity index (χ0) is 13.9.